The molecule has 0 aromatic carbocycles. The summed E-state index contributed by atoms with van der Waals surface area (Å²) in [5.74, 6) is -0.131. The second kappa shape index (κ2) is 7.27. The van der Waals surface area contributed by atoms with Gasteiger partial charge in [-0.3, -0.25) is 14.8 Å². The number of amides is 1. The van der Waals surface area contributed by atoms with Crippen molar-refractivity contribution in [2.24, 2.45) is 0 Å². The standard InChI is InChI=1S/C18H24N4O2S/c1-12-5-6-17(25-12)13-9-14(21-20-13)18(23)19-15-10-24-11-16(15)22-7-3-2-4-8-22/h5-6,9,15-16H,2-4,7-8,10-11H2,1H3,(H,19,23)(H,20,21)/t15-,16-/m1/s1. The maximum atomic E-state index is 12.6. The van der Waals surface area contributed by atoms with Gasteiger partial charge in [-0.25, -0.2) is 0 Å². The first kappa shape index (κ1) is 16.8. The van der Waals surface area contributed by atoms with Gasteiger partial charge in [0, 0.05) is 4.88 Å². The molecule has 2 aliphatic heterocycles. The first-order valence-electron chi connectivity index (χ1n) is 8.95. The van der Waals surface area contributed by atoms with Gasteiger partial charge in [0.25, 0.3) is 5.91 Å². The van der Waals surface area contributed by atoms with Crippen LogP contribution in [-0.4, -0.2) is 59.4 Å². The number of piperidine rings is 1. The van der Waals surface area contributed by atoms with Crippen molar-refractivity contribution in [1.82, 2.24) is 20.4 Å². The molecule has 134 valence electrons. The molecule has 2 N–H and O–H groups in total. The van der Waals surface area contributed by atoms with Gasteiger partial charge in [0.2, 0.25) is 0 Å². The lowest BCUT2D eigenvalue weighted by Crippen LogP contribution is -2.52. The highest BCUT2D eigenvalue weighted by molar-refractivity contribution is 7.15. The van der Waals surface area contributed by atoms with Gasteiger partial charge in [-0.15, -0.1) is 11.3 Å². The van der Waals surface area contributed by atoms with E-state index in [1.54, 1.807) is 11.3 Å². The fourth-order valence-corrected chi connectivity index (χ4v) is 4.51. The third kappa shape index (κ3) is 3.63. The fraction of sp³-hybridized carbons (Fsp3) is 0.556. The largest absolute Gasteiger partial charge is 0.378 e. The molecule has 2 fully saturated rings. The molecule has 25 heavy (non-hydrogen) atoms. The van der Waals surface area contributed by atoms with E-state index in [1.807, 2.05) is 12.1 Å². The van der Waals surface area contributed by atoms with Crippen molar-refractivity contribution in [3.8, 4) is 10.6 Å². The molecule has 1 amide bonds. The number of carbonyl (C=O) groups excluding carboxylic acids is 1. The highest BCUT2D eigenvalue weighted by Crippen LogP contribution is 2.26. The Morgan fingerprint density at radius 2 is 2.16 bits per heavy atom. The summed E-state index contributed by atoms with van der Waals surface area (Å²) in [6.07, 6.45) is 3.78. The summed E-state index contributed by atoms with van der Waals surface area (Å²) in [7, 11) is 0. The number of rotatable bonds is 4. The summed E-state index contributed by atoms with van der Waals surface area (Å²) in [6, 6.07) is 6.26. The molecular weight excluding hydrogens is 336 g/mol. The molecule has 2 aromatic heterocycles. The molecule has 0 spiro atoms. The van der Waals surface area contributed by atoms with E-state index in [0.29, 0.717) is 18.9 Å². The molecule has 0 saturated carbocycles. The van der Waals surface area contributed by atoms with Crippen molar-refractivity contribution in [3.63, 3.8) is 0 Å². The van der Waals surface area contributed by atoms with Crippen molar-refractivity contribution < 1.29 is 9.53 Å². The molecule has 2 aliphatic rings. The van der Waals surface area contributed by atoms with Gasteiger partial charge in [0.05, 0.1) is 35.9 Å². The van der Waals surface area contributed by atoms with Crippen LogP contribution in [0.5, 0.6) is 0 Å². The van der Waals surface area contributed by atoms with Crippen LogP contribution in [0.2, 0.25) is 0 Å². The average Bonchev–Trinajstić information content (AvgIpc) is 3.35. The summed E-state index contributed by atoms with van der Waals surface area (Å²) in [5, 5.41) is 10.3. The van der Waals surface area contributed by atoms with E-state index in [0.717, 1.165) is 23.7 Å². The maximum Gasteiger partial charge on any atom is 0.272 e. The highest BCUT2D eigenvalue weighted by atomic mass is 32.1. The Hall–Kier alpha value is -1.70. The van der Waals surface area contributed by atoms with Crippen LogP contribution in [-0.2, 0) is 4.74 Å². The number of hydrogen-bond acceptors (Lipinski definition) is 5. The van der Waals surface area contributed by atoms with Crippen LogP contribution >= 0.6 is 11.3 Å². The van der Waals surface area contributed by atoms with E-state index in [1.165, 1.54) is 24.1 Å². The minimum atomic E-state index is -0.131. The molecular formula is C18H24N4O2S. The minimum Gasteiger partial charge on any atom is -0.378 e. The number of hydrogen-bond donors (Lipinski definition) is 2. The number of nitrogens with one attached hydrogen (secondary N) is 2. The number of likely N-dealkylation sites (tertiary alicyclic amines) is 1. The summed E-state index contributed by atoms with van der Waals surface area (Å²) >= 11 is 1.69. The molecule has 4 heterocycles. The summed E-state index contributed by atoms with van der Waals surface area (Å²) in [5.41, 5.74) is 1.32. The Morgan fingerprint density at radius 1 is 1.32 bits per heavy atom. The van der Waals surface area contributed by atoms with Crippen LogP contribution in [0, 0.1) is 6.92 Å². The SMILES string of the molecule is Cc1ccc(-c2cc(C(=O)N[C@@H]3COC[C@H]3N3CCCCC3)n[nH]2)s1. The Labute approximate surface area is 151 Å². The smallest absolute Gasteiger partial charge is 0.272 e. The van der Waals surface area contributed by atoms with Gasteiger partial charge >= 0.3 is 0 Å². The van der Waals surface area contributed by atoms with Crippen molar-refractivity contribution >= 4 is 17.2 Å². The van der Waals surface area contributed by atoms with Gasteiger partial charge in [-0.05, 0) is 51.1 Å². The quantitative estimate of drug-likeness (QED) is 0.879. The van der Waals surface area contributed by atoms with Crippen molar-refractivity contribution in [2.75, 3.05) is 26.3 Å². The number of H-pyrrole nitrogens is 1. The summed E-state index contributed by atoms with van der Waals surface area (Å²) in [4.78, 5) is 17.4. The first-order chi connectivity index (χ1) is 12.2. The zero-order valence-electron chi connectivity index (χ0n) is 14.5. The van der Waals surface area contributed by atoms with Gasteiger partial charge < -0.3 is 10.1 Å². The summed E-state index contributed by atoms with van der Waals surface area (Å²) < 4.78 is 5.65. The van der Waals surface area contributed by atoms with Crippen LogP contribution in [0.4, 0.5) is 0 Å². The average molecular weight is 360 g/mol. The van der Waals surface area contributed by atoms with Crippen LogP contribution in [0.3, 0.4) is 0 Å². The molecule has 7 heteroatoms. The predicted molar refractivity (Wildman–Crippen MR) is 97.9 cm³/mol. The predicted octanol–water partition coefficient (Wildman–Crippen LogP) is 2.43. The molecule has 0 unspecified atom stereocenters. The molecule has 2 aromatic rings. The van der Waals surface area contributed by atoms with E-state index < -0.39 is 0 Å². The molecule has 0 bridgehead atoms. The van der Waals surface area contributed by atoms with E-state index >= 15 is 0 Å². The normalized spacial score (nSPS) is 24.5. The van der Waals surface area contributed by atoms with Gasteiger partial charge in [0.15, 0.2) is 5.69 Å². The molecule has 6 nitrogen and oxygen atoms in total. The van der Waals surface area contributed by atoms with E-state index in [4.69, 9.17) is 4.74 Å². The number of nitrogens with zero attached hydrogens (tertiary/aromatic N) is 2. The number of aryl methyl sites for hydroxylation is 1. The number of carbonyl (C=O) groups is 1. The molecule has 4 rings (SSSR count). The highest BCUT2D eigenvalue weighted by Gasteiger charge is 2.35. The van der Waals surface area contributed by atoms with E-state index in [-0.39, 0.29) is 18.0 Å². The van der Waals surface area contributed by atoms with Gasteiger partial charge in [0.1, 0.15) is 0 Å². The second-order valence-electron chi connectivity index (χ2n) is 6.86. The monoisotopic (exact) mass is 360 g/mol. The molecule has 0 aliphatic carbocycles. The number of aromatic nitrogens is 2. The van der Waals surface area contributed by atoms with Crippen LogP contribution < -0.4 is 5.32 Å². The fourth-order valence-electron chi connectivity index (χ4n) is 3.68. The second-order valence-corrected chi connectivity index (χ2v) is 8.15. The number of ether oxygens (including phenoxy) is 1. The summed E-state index contributed by atoms with van der Waals surface area (Å²) in [6.45, 7) is 5.55. The number of aromatic amines is 1. The minimum absolute atomic E-state index is 0.0368. The Bertz CT molecular complexity index is 735. The lowest BCUT2D eigenvalue weighted by atomic mass is 10.0. The van der Waals surface area contributed by atoms with Crippen molar-refractivity contribution in [1.29, 1.82) is 0 Å². The Balaban J connectivity index is 1.42. The van der Waals surface area contributed by atoms with Gasteiger partial charge in [-0.2, -0.15) is 5.10 Å². The lowest BCUT2D eigenvalue weighted by Gasteiger charge is -2.34. The molecule has 2 saturated heterocycles. The molecule has 0 radical (unpaired) electrons. The first-order valence-corrected chi connectivity index (χ1v) is 9.77. The van der Waals surface area contributed by atoms with Crippen molar-refractivity contribution in [3.05, 3.63) is 28.8 Å². The van der Waals surface area contributed by atoms with Crippen LogP contribution in [0.15, 0.2) is 18.2 Å². The van der Waals surface area contributed by atoms with Crippen molar-refractivity contribution in [2.45, 2.75) is 38.3 Å². The Kier molecular flexibility index (Phi) is 4.87. The third-order valence-corrected chi connectivity index (χ3v) is 6.08. The van der Waals surface area contributed by atoms with Crippen LogP contribution in [0.25, 0.3) is 10.6 Å². The topological polar surface area (TPSA) is 70.2 Å². The number of thiophene rings is 1. The zero-order chi connectivity index (χ0) is 17.2. The molecule has 2 atom stereocenters. The zero-order valence-corrected chi connectivity index (χ0v) is 15.3. The van der Waals surface area contributed by atoms with Gasteiger partial charge in [-0.1, -0.05) is 6.42 Å². The maximum absolute atomic E-state index is 12.6. The van der Waals surface area contributed by atoms with E-state index in [9.17, 15) is 4.79 Å². The van der Waals surface area contributed by atoms with Crippen LogP contribution in [0.1, 0.15) is 34.6 Å². The Morgan fingerprint density at radius 3 is 2.92 bits per heavy atom. The third-order valence-electron chi connectivity index (χ3n) is 5.04. The lowest BCUT2D eigenvalue weighted by molar-refractivity contribution is 0.0895. The van der Waals surface area contributed by atoms with E-state index in [2.05, 4.69) is 33.4 Å².